The van der Waals surface area contributed by atoms with Crippen LogP contribution in [0.2, 0.25) is 5.02 Å². The van der Waals surface area contributed by atoms with Crippen LogP contribution < -0.4 is 4.57 Å². The van der Waals surface area contributed by atoms with Gasteiger partial charge >= 0.3 is 0 Å². The van der Waals surface area contributed by atoms with Gasteiger partial charge in [-0.1, -0.05) is 22.8 Å². The van der Waals surface area contributed by atoms with Crippen molar-refractivity contribution in [2.75, 3.05) is 0 Å². The molecule has 0 unspecified atom stereocenters. The van der Waals surface area contributed by atoms with Crippen molar-refractivity contribution < 1.29 is 9.09 Å². The van der Waals surface area contributed by atoms with E-state index in [0.29, 0.717) is 23.3 Å². The Hall–Kier alpha value is -2.20. The maximum absolute atomic E-state index is 5.84. The van der Waals surface area contributed by atoms with Gasteiger partial charge in [0, 0.05) is 22.7 Å². The second-order valence-electron chi connectivity index (χ2n) is 4.07. The minimum atomic E-state index is 0.503. The number of benzene rings is 1. The van der Waals surface area contributed by atoms with Crippen LogP contribution in [-0.4, -0.2) is 10.1 Å². The number of halogens is 1. The van der Waals surface area contributed by atoms with Crippen molar-refractivity contribution in [1.82, 2.24) is 10.1 Å². The van der Waals surface area contributed by atoms with E-state index < -0.39 is 0 Å². The third-order valence-corrected chi connectivity index (χ3v) is 2.91. The third-order valence-electron chi connectivity index (χ3n) is 2.66. The molecule has 19 heavy (non-hydrogen) atoms. The molecule has 0 saturated heterocycles. The summed E-state index contributed by atoms with van der Waals surface area (Å²) in [5, 5.41) is 4.65. The summed E-state index contributed by atoms with van der Waals surface area (Å²) >= 11 is 5.84. The first-order chi connectivity index (χ1) is 9.31. The first-order valence-electron chi connectivity index (χ1n) is 5.84. The van der Waals surface area contributed by atoms with Gasteiger partial charge in [-0.25, -0.2) is 0 Å². The molecule has 0 fully saturated rings. The molecule has 0 aliphatic heterocycles. The lowest BCUT2D eigenvalue weighted by molar-refractivity contribution is -0.689. The zero-order valence-electron chi connectivity index (χ0n) is 10.0. The molecule has 3 rings (SSSR count). The molecule has 0 radical (unpaired) electrons. The maximum atomic E-state index is 5.84. The molecular formula is C14H11ClN3O+. The number of hydrogen-bond acceptors (Lipinski definition) is 3. The van der Waals surface area contributed by atoms with Gasteiger partial charge in [0.1, 0.15) is 0 Å². The Bertz CT molecular complexity index is 665. The van der Waals surface area contributed by atoms with Crippen LogP contribution in [0.1, 0.15) is 5.82 Å². The van der Waals surface area contributed by atoms with Crippen LogP contribution in [0.5, 0.6) is 0 Å². The minimum Gasteiger partial charge on any atom is -0.334 e. The van der Waals surface area contributed by atoms with Gasteiger partial charge in [-0.2, -0.15) is 9.55 Å². The molecule has 2 aromatic heterocycles. The summed E-state index contributed by atoms with van der Waals surface area (Å²) in [5.74, 6) is 1.14. The average molecular weight is 273 g/mol. The largest absolute Gasteiger partial charge is 0.334 e. The van der Waals surface area contributed by atoms with Gasteiger partial charge in [-0.3, -0.25) is 0 Å². The lowest BCUT2D eigenvalue weighted by Gasteiger charge is -1.93. The Morgan fingerprint density at radius 1 is 1.05 bits per heavy atom. The number of nitrogens with zero attached hydrogens (tertiary/aromatic N) is 3. The predicted octanol–water partition coefficient (Wildman–Crippen LogP) is 2.73. The van der Waals surface area contributed by atoms with Crippen LogP contribution in [0.15, 0.2) is 59.4 Å². The van der Waals surface area contributed by atoms with E-state index in [9.17, 15) is 0 Å². The van der Waals surface area contributed by atoms with Gasteiger partial charge in [0.05, 0.1) is 0 Å². The number of aromatic nitrogens is 3. The summed E-state index contributed by atoms with van der Waals surface area (Å²) in [6.45, 7) is 0.581. The highest BCUT2D eigenvalue weighted by molar-refractivity contribution is 6.30. The summed E-state index contributed by atoms with van der Waals surface area (Å²) in [4.78, 5) is 4.36. The molecule has 0 spiro atoms. The Morgan fingerprint density at radius 3 is 2.53 bits per heavy atom. The Kier molecular flexibility index (Phi) is 3.25. The Morgan fingerprint density at radius 2 is 1.79 bits per heavy atom. The predicted molar refractivity (Wildman–Crippen MR) is 70.5 cm³/mol. The van der Waals surface area contributed by atoms with Crippen molar-refractivity contribution in [3.05, 3.63) is 65.7 Å². The molecule has 1 aromatic carbocycles. The summed E-state index contributed by atoms with van der Waals surface area (Å²) in [6, 6.07) is 13.2. The lowest BCUT2D eigenvalue weighted by atomic mass is 10.2. The normalized spacial score (nSPS) is 10.6. The van der Waals surface area contributed by atoms with Gasteiger partial charge in [-0.05, 0) is 24.3 Å². The summed E-state index contributed by atoms with van der Waals surface area (Å²) in [6.07, 6.45) is 3.91. The van der Waals surface area contributed by atoms with E-state index in [1.165, 1.54) is 0 Å². The van der Waals surface area contributed by atoms with Gasteiger partial charge in [0.15, 0.2) is 12.4 Å². The zero-order valence-corrected chi connectivity index (χ0v) is 10.8. The van der Waals surface area contributed by atoms with Gasteiger partial charge in [0.2, 0.25) is 12.4 Å². The fourth-order valence-corrected chi connectivity index (χ4v) is 1.86. The van der Waals surface area contributed by atoms with E-state index in [4.69, 9.17) is 16.1 Å². The van der Waals surface area contributed by atoms with Gasteiger partial charge in [0.25, 0.3) is 5.89 Å². The lowest BCUT2D eigenvalue weighted by Crippen LogP contribution is -2.33. The van der Waals surface area contributed by atoms with Crippen LogP contribution in [0.3, 0.4) is 0 Å². The molecular weight excluding hydrogens is 262 g/mol. The van der Waals surface area contributed by atoms with Crippen molar-refractivity contribution in [2.45, 2.75) is 6.54 Å². The highest BCUT2D eigenvalue weighted by Crippen LogP contribution is 2.19. The molecule has 0 aliphatic carbocycles. The summed E-state index contributed by atoms with van der Waals surface area (Å²) in [7, 11) is 0. The van der Waals surface area contributed by atoms with Crippen LogP contribution in [-0.2, 0) is 6.54 Å². The fourth-order valence-electron chi connectivity index (χ4n) is 1.73. The molecule has 4 nitrogen and oxygen atoms in total. The molecule has 2 heterocycles. The van der Waals surface area contributed by atoms with Gasteiger partial charge in [-0.15, -0.1) is 0 Å². The smallest absolute Gasteiger partial charge is 0.258 e. The first-order valence-corrected chi connectivity index (χ1v) is 6.22. The van der Waals surface area contributed by atoms with Crippen molar-refractivity contribution in [2.24, 2.45) is 0 Å². The van der Waals surface area contributed by atoms with Crippen molar-refractivity contribution in [1.29, 1.82) is 0 Å². The van der Waals surface area contributed by atoms with Crippen molar-refractivity contribution in [3.63, 3.8) is 0 Å². The van der Waals surface area contributed by atoms with Crippen molar-refractivity contribution in [3.8, 4) is 11.5 Å². The van der Waals surface area contributed by atoms with Crippen LogP contribution in [0.4, 0.5) is 0 Å². The van der Waals surface area contributed by atoms with Crippen LogP contribution in [0.25, 0.3) is 11.5 Å². The van der Waals surface area contributed by atoms with Gasteiger partial charge < -0.3 is 4.52 Å². The molecule has 0 bridgehead atoms. The quantitative estimate of drug-likeness (QED) is 0.689. The van der Waals surface area contributed by atoms with Crippen LogP contribution >= 0.6 is 11.6 Å². The number of pyridine rings is 1. The number of hydrogen-bond donors (Lipinski definition) is 0. The Balaban J connectivity index is 1.82. The Labute approximate surface area is 115 Å². The van der Waals surface area contributed by atoms with E-state index in [1.54, 1.807) is 12.1 Å². The van der Waals surface area contributed by atoms with E-state index in [2.05, 4.69) is 10.1 Å². The van der Waals surface area contributed by atoms with E-state index in [1.807, 2.05) is 47.3 Å². The monoisotopic (exact) mass is 272 g/mol. The standard InChI is InChI=1S/C14H11ClN3O/c15-12-6-4-11(5-7-12)14-16-13(17-19-14)10-18-8-2-1-3-9-18/h1-9H,10H2/q+1. The molecule has 94 valence electrons. The molecule has 0 saturated carbocycles. The second kappa shape index (κ2) is 5.20. The average Bonchev–Trinajstić information content (AvgIpc) is 2.89. The summed E-state index contributed by atoms with van der Waals surface area (Å²) in [5.41, 5.74) is 0.862. The molecule has 0 atom stereocenters. The second-order valence-corrected chi connectivity index (χ2v) is 4.51. The maximum Gasteiger partial charge on any atom is 0.258 e. The highest BCUT2D eigenvalue weighted by atomic mass is 35.5. The molecule has 0 amide bonds. The summed E-state index contributed by atoms with van der Waals surface area (Å²) < 4.78 is 7.23. The minimum absolute atomic E-state index is 0.503. The number of rotatable bonds is 3. The molecule has 0 aliphatic rings. The third kappa shape index (κ3) is 2.80. The van der Waals surface area contributed by atoms with Crippen LogP contribution in [0, 0.1) is 0 Å². The molecule has 0 N–H and O–H groups in total. The van der Waals surface area contributed by atoms with E-state index in [-0.39, 0.29) is 0 Å². The van der Waals surface area contributed by atoms with E-state index >= 15 is 0 Å². The molecule has 3 aromatic rings. The highest BCUT2D eigenvalue weighted by Gasteiger charge is 2.12. The first kappa shape index (κ1) is 11.9. The SMILES string of the molecule is Clc1ccc(-c2nc(C[n+]3ccccc3)no2)cc1. The van der Waals surface area contributed by atoms with Crippen molar-refractivity contribution >= 4 is 11.6 Å². The zero-order chi connectivity index (χ0) is 13.1. The van der Waals surface area contributed by atoms with E-state index in [0.717, 1.165) is 5.56 Å². The topological polar surface area (TPSA) is 42.8 Å². The molecule has 5 heteroatoms. The fraction of sp³-hybridized carbons (Fsp3) is 0.0714.